The van der Waals surface area contributed by atoms with Crippen LogP contribution in [0.1, 0.15) is 58.3 Å². The van der Waals surface area contributed by atoms with Crippen molar-refractivity contribution in [1.29, 1.82) is 0 Å². The first-order chi connectivity index (χ1) is 9.29. The quantitative estimate of drug-likeness (QED) is 0.830. The molecule has 2 aliphatic rings. The summed E-state index contributed by atoms with van der Waals surface area (Å²) in [5.41, 5.74) is 0. The van der Waals surface area contributed by atoms with Crippen LogP contribution in [0.3, 0.4) is 0 Å². The van der Waals surface area contributed by atoms with Crippen LogP contribution in [0.4, 0.5) is 0 Å². The number of carbonyl (C=O) groups is 1. The van der Waals surface area contributed by atoms with E-state index < -0.39 is 0 Å². The summed E-state index contributed by atoms with van der Waals surface area (Å²) >= 11 is 0. The summed E-state index contributed by atoms with van der Waals surface area (Å²) < 4.78 is 0. The summed E-state index contributed by atoms with van der Waals surface area (Å²) in [6.45, 7) is 6.59. The van der Waals surface area contributed by atoms with E-state index in [0.29, 0.717) is 5.91 Å². The Morgan fingerprint density at radius 1 is 1.11 bits per heavy atom. The molecule has 1 amide bonds. The molecule has 0 bridgehead atoms. The van der Waals surface area contributed by atoms with Crippen LogP contribution in [0.2, 0.25) is 0 Å². The van der Waals surface area contributed by atoms with Crippen LogP contribution in [0.5, 0.6) is 0 Å². The average Bonchev–Trinajstić information content (AvgIpc) is 2.61. The molecule has 0 saturated carbocycles. The van der Waals surface area contributed by atoms with Gasteiger partial charge in [-0.25, -0.2) is 0 Å². The molecule has 1 atom stereocenters. The number of rotatable bonds is 5. The van der Waals surface area contributed by atoms with Gasteiger partial charge in [-0.15, -0.1) is 0 Å². The predicted molar refractivity (Wildman–Crippen MR) is 79.0 cm³/mol. The second kappa shape index (κ2) is 7.88. The number of piperidine rings is 1. The largest absolute Gasteiger partial charge is 0.343 e. The standard InChI is InChI=1S/C16H30N2O/c1-2-3-14-4-5-16(19)18(12-8-14)13-9-15-6-10-17-11-7-15/h14-15,17H,2-13H2,1H3. The lowest BCUT2D eigenvalue weighted by Gasteiger charge is -2.27. The van der Waals surface area contributed by atoms with Gasteiger partial charge in [0.15, 0.2) is 0 Å². The van der Waals surface area contributed by atoms with Crippen LogP contribution < -0.4 is 5.32 Å². The third kappa shape index (κ3) is 4.79. The molecule has 2 saturated heterocycles. The van der Waals surface area contributed by atoms with Crippen LogP contribution in [-0.4, -0.2) is 37.0 Å². The molecule has 0 aromatic heterocycles. The van der Waals surface area contributed by atoms with Crippen LogP contribution in [-0.2, 0) is 4.79 Å². The Balaban J connectivity index is 1.73. The van der Waals surface area contributed by atoms with E-state index in [4.69, 9.17) is 0 Å². The number of hydrogen-bond acceptors (Lipinski definition) is 2. The number of carbonyl (C=O) groups excluding carboxylic acids is 1. The average molecular weight is 266 g/mol. The summed E-state index contributed by atoms with van der Waals surface area (Å²) in [5, 5.41) is 3.41. The highest BCUT2D eigenvalue weighted by atomic mass is 16.2. The Kier molecular flexibility index (Phi) is 6.15. The maximum Gasteiger partial charge on any atom is 0.222 e. The first-order valence-electron chi connectivity index (χ1n) is 8.28. The van der Waals surface area contributed by atoms with Crippen LogP contribution in [0.15, 0.2) is 0 Å². The topological polar surface area (TPSA) is 32.3 Å². The van der Waals surface area contributed by atoms with Crippen molar-refractivity contribution in [2.75, 3.05) is 26.2 Å². The van der Waals surface area contributed by atoms with Crippen molar-refractivity contribution in [2.24, 2.45) is 11.8 Å². The van der Waals surface area contributed by atoms with E-state index in [1.54, 1.807) is 0 Å². The van der Waals surface area contributed by atoms with Gasteiger partial charge in [-0.05, 0) is 57.0 Å². The molecule has 110 valence electrons. The van der Waals surface area contributed by atoms with Crippen molar-refractivity contribution in [3.05, 3.63) is 0 Å². The van der Waals surface area contributed by atoms with E-state index in [9.17, 15) is 4.79 Å². The van der Waals surface area contributed by atoms with Crippen molar-refractivity contribution < 1.29 is 4.79 Å². The molecule has 19 heavy (non-hydrogen) atoms. The van der Waals surface area contributed by atoms with Crippen molar-refractivity contribution in [3.8, 4) is 0 Å². The first-order valence-corrected chi connectivity index (χ1v) is 8.28. The van der Waals surface area contributed by atoms with E-state index in [1.807, 2.05) is 0 Å². The minimum atomic E-state index is 0.410. The van der Waals surface area contributed by atoms with Gasteiger partial charge in [0.25, 0.3) is 0 Å². The van der Waals surface area contributed by atoms with Crippen molar-refractivity contribution >= 4 is 5.91 Å². The van der Waals surface area contributed by atoms with Gasteiger partial charge in [-0.2, -0.15) is 0 Å². The monoisotopic (exact) mass is 266 g/mol. The fourth-order valence-corrected chi connectivity index (χ4v) is 3.54. The van der Waals surface area contributed by atoms with Gasteiger partial charge in [0.05, 0.1) is 0 Å². The molecular formula is C16H30N2O. The molecule has 0 aromatic rings. The summed E-state index contributed by atoms with van der Waals surface area (Å²) in [4.78, 5) is 14.3. The Bertz CT molecular complexity index is 274. The predicted octanol–water partition coefficient (Wildman–Crippen LogP) is 2.80. The van der Waals surface area contributed by atoms with Gasteiger partial charge in [0.2, 0.25) is 5.91 Å². The lowest BCUT2D eigenvalue weighted by molar-refractivity contribution is -0.130. The summed E-state index contributed by atoms with van der Waals surface area (Å²) in [5.74, 6) is 2.04. The lowest BCUT2D eigenvalue weighted by Crippen LogP contribution is -2.34. The zero-order chi connectivity index (χ0) is 13.5. The minimum absolute atomic E-state index is 0.410. The number of nitrogens with one attached hydrogen (secondary N) is 1. The van der Waals surface area contributed by atoms with E-state index in [0.717, 1.165) is 50.9 Å². The number of likely N-dealkylation sites (tertiary alicyclic amines) is 1. The van der Waals surface area contributed by atoms with Gasteiger partial charge in [-0.1, -0.05) is 19.8 Å². The molecule has 0 spiro atoms. The molecule has 3 nitrogen and oxygen atoms in total. The molecule has 2 rings (SSSR count). The molecule has 1 unspecified atom stereocenters. The van der Waals surface area contributed by atoms with E-state index in [2.05, 4.69) is 17.1 Å². The van der Waals surface area contributed by atoms with Gasteiger partial charge < -0.3 is 10.2 Å². The molecule has 3 heteroatoms. The molecule has 2 heterocycles. The van der Waals surface area contributed by atoms with Crippen molar-refractivity contribution in [1.82, 2.24) is 10.2 Å². The van der Waals surface area contributed by atoms with Crippen LogP contribution >= 0.6 is 0 Å². The zero-order valence-electron chi connectivity index (χ0n) is 12.5. The summed E-state index contributed by atoms with van der Waals surface area (Å²) in [7, 11) is 0. The maximum atomic E-state index is 12.2. The highest BCUT2D eigenvalue weighted by Crippen LogP contribution is 2.24. The SMILES string of the molecule is CCCC1CCC(=O)N(CCC2CCNCC2)CC1. The molecule has 0 aliphatic carbocycles. The Morgan fingerprint density at radius 2 is 1.84 bits per heavy atom. The molecule has 1 N–H and O–H groups in total. The van der Waals surface area contributed by atoms with Crippen LogP contribution in [0.25, 0.3) is 0 Å². The number of nitrogens with zero attached hydrogens (tertiary/aromatic N) is 1. The van der Waals surface area contributed by atoms with Gasteiger partial charge in [0, 0.05) is 19.5 Å². The smallest absolute Gasteiger partial charge is 0.222 e. The normalized spacial score (nSPS) is 26.5. The molecular weight excluding hydrogens is 236 g/mol. The van der Waals surface area contributed by atoms with Gasteiger partial charge >= 0.3 is 0 Å². The lowest BCUT2D eigenvalue weighted by atomic mass is 9.94. The summed E-state index contributed by atoms with van der Waals surface area (Å²) in [6.07, 6.45) is 9.50. The van der Waals surface area contributed by atoms with Gasteiger partial charge in [-0.3, -0.25) is 4.79 Å². The molecule has 0 radical (unpaired) electrons. The second-order valence-corrected chi connectivity index (χ2v) is 6.34. The Hall–Kier alpha value is -0.570. The number of hydrogen-bond donors (Lipinski definition) is 1. The zero-order valence-corrected chi connectivity index (χ0v) is 12.5. The number of amides is 1. The molecule has 2 fully saturated rings. The molecule has 2 aliphatic heterocycles. The van der Waals surface area contributed by atoms with Gasteiger partial charge in [0.1, 0.15) is 0 Å². The minimum Gasteiger partial charge on any atom is -0.343 e. The van der Waals surface area contributed by atoms with E-state index >= 15 is 0 Å². The first kappa shape index (κ1) is 14.8. The Morgan fingerprint density at radius 3 is 2.58 bits per heavy atom. The maximum absolute atomic E-state index is 12.2. The van der Waals surface area contributed by atoms with Crippen molar-refractivity contribution in [3.63, 3.8) is 0 Å². The van der Waals surface area contributed by atoms with E-state index in [1.165, 1.54) is 38.5 Å². The van der Waals surface area contributed by atoms with E-state index in [-0.39, 0.29) is 0 Å². The summed E-state index contributed by atoms with van der Waals surface area (Å²) in [6, 6.07) is 0. The second-order valence-electron chi connectivity index (χ2n) is 6.34. The fraction of sp³-hybridized carbons (Fsp3) is 0.938. The van der Waals surface area contributed by atoms with Crippen LogP contribution in [0, 0.1) is 11.8 Å². The molecule has 0 aromatic carbocycles. The highest BCUT2D eigenvalue weighted by Gasteiger charge is 2.23. The van der Waals surface area contributed by atoms with Crippen molar-refractivity contribution in [2.45, 2.75) is 58.3 Å². The Labute approximate surface area is 118 Å². The third-order valence-electron chi connectivity index (χ3n) is 4.89. The fourth-order valence-electron chi connectivity index (χ4n) is 3.54. The highest BCUT2D eigenvalue weighted by molar-refractivity contribution is 5.76. The third-order valence-corrected chi connectivity index (χ3v) is 4.89.